The quantitative estimate of drug-likeness (QED) is 0.672. The third kappa shape index (κ3) is 5.68. The first-order chi connectivity index (χ1) is 9.31. The van der Waals surface area contributed by atoms with Gasteiger partial charge in [0.15, 0.2) is 0 Å². The fraction of sp³-hybridized carbons (Fsp3) is 0.462. The number of aliphatic hydroxyl groups excluding tert-OH is 1. The first kappa shape index (κ1) is 16.6. The van der Waals surface area contributed by atoms with E-state index in [1.54, 1.807) is 32.0 Å². The molecular weight excluding hydrogens is 280 g/mol. The van der Waals surface area contributed by atoms with Crippen molar-refractivity contribution in [1.29, 1.82) is 0 Å². The zero-order valence-electron chi connectivity index (χ0n) is 11.5. The Morgan fingerprint density at radius 2 is 1.85 bits per heavy atom. The number of benzene rings is 1. The lowest BCUT2D eigenvalue weighted by molar-refractivity contribution is -0.120. The van der Waals surface area contributed by atoms with Gasteiger partial charge in [-0.15, -0.1) is 0 Å². The number of carbonyl (C=O) groups is 1. The van der Waals surface area contributed by atoms with Crippen molar-refractivity contribution >= 4 is 15.9 Å². The van der Waals surface area contributed by atoms with Crippen LogP contribution in [0.15, 0.2) is 35.2 Å². The van der Waals surface area contributed by atoms with Crippen LogP contribution in [0.1, 0.15) is 20.3 Å². The maximum absolute atomic E-state index is 11.9. The second kappa shape index (κ2) is 7.37. The molecule has 0 saturated carbocycles. The Bertz CT molecular complexity index is 529. The van der Waals surface area contributed by atoms with Crippen molar-refractivity contribution in [3.05, 3.63) is 30.3 Å². The average molecular weight is 300 g/mol. The minimum Gasteiger partial charge on any atom is -0.393 e. The highest BCUT2D eigenvalue weighted by Gasteiger charge is 2.16. The summed E-state index contributed by atoms with van der Waals surface area (Å²) in [4.78, 5) is 11.7. The monoisotopic (exact) mass is 300 g/mol. The summed E-state index contributed by atoms with van der Waals surface area (Å²) in [6.45, 7) is 3.04. The predicted octanol–water partition coefficient (Wildman–Crippen LogP) is 0.241. The number of carbonyl (C=O) groups excluding carboxylic acids is 1. The molecule has 20 heavy (non-hydrogen) atoms. The van der Waals surface area contributed by atoms with Crippen molar-refractivity contribution in [3.63, 3.8) is 0 Å². The SMILES string of the molecule is CC(O)CC(C)NC(=O)CNS(=O)(=O)c1ccccc1. The number of aliphatic hydroxyl groups is 1. The lowest BCUT2D eigenvalue weighted by Crippen LogP contribution is -2.41. The molecule has 0 heterocycles. The molecule has 0 radical (unpaired) electrons. The molecule has 3 N–H and O–H groups in total. The zero-order valence-corrected chi connectivity index (χ0v) is 12.4. The van der Waals surface area contributed by atoms with Gasteiger partial charge in [-0.05, 0) is 32.4 Å². The second-order valence-corrected chi connectivity index (χ2v) is 6.46. The molecule has 6 nitrogen and oxygen atoms in total. The number of amides is 1. The second-order valence-electron chi connectivity index (χ2n) is 4.69. The van der Waals surface area contributed by atoms with Gasteiger partial charge in [0, 0.05) is 6.04 Å². The summed E-state index contributed by atoms with van der Waals surface area (Å²) >= 11 is 0. The number of nitrogens with one attached hydrogen (secondary N) is 2. The van der Waals surface area contributed by atoms with Gasteiger partial charge in [0.2, 0.25) is 15.9 Å². The van der Waals surface area contributed by atoms with Gasteiger partial charge in [0.25, 0.3) is 0 Å². The predicted molar refractivity (Wildman–Crippen MR) is 75.5 cm³/mol. The largest absolute Gasteiger partial charge is 0.393 e. The van der Waals surface area contributed by atoms with Crippen LogP contribution in [0.5, 0.6) is 0 Å². The van der Waals surface area contributed by atoms with Crippen LogP contribution in [-0.2, 0) is 14.8 Å². The van der Waals surface area contributed by atoms with E-state index in [9.17, 15) is 18.3 Å². The molecule has 1 amide bonds. The van der Waals surface area contributed by atoms with Crippen molar-refractivity contribution < 1.29 is 18.3 Å². The van der Waals surface area contributed by atoms with Gasteiger partial charge in [-0.3, -0.25) is 4.79 Å². The molecule has 0 saturated heterocycles. The van der Waals surface area contributed by atoms with Crippen LogP contribution in [0.4, 0.5) is 0 Å². The van der Waals surface area contributed by atoms with E-state index in [4.69, 9.17) is 0 Å². The number of hydrogen-bond acceptors (Lipinski definition) is 4. The van der Waals surface area contributed by atoms with Crippen LogP contribution in [0.2, 0.25) is 0 Å². The highest BCUT2D eigenvalue weighted by atomic mass is 32.2. The van der Waals surface area contributed by atoms with Crippen LogP contribution in [0.25, 0.3) is 0 Å². The fourth-order valence-electron chi connectivity index (χ4n) is 1.74. The van der Waals surface area contributed by atoms with E-state index >= 15 is 0 Å². The average Bonchev–Trinajstić information content (AvgIpc) is 2.36. The van der Waals surface area contributed by atoms with Gasteiger partial charge < -0.3 is 10.4 Å². The van der Waals surface area contributed by atoms with E-state index in [2.05, 4.69) is 10.0 Å². The summed E-state index contributed by atoms with van der Waals surface area (Å²) < 4.78 is 26.0. The van der Waals surface area contributed by atoms with Gasteiger partial charge >= 0.3 is 0 Å². The molecule has 0 spiro atoms. The molecule has 0 fully saturated rings. The topological polar surface area (TPSA) is 95.5 Å². The summed E-state index contributed by atoms with van der Waals surface area (Å²) in [6.07, 6.45) is -0.108. The van der Waals surface area contributed by atoms with Crippen molar-refractivity contribution in [2.45, 2.75) is 37.3 Å². The Morgan fingerprint density at radius 3 is 2.40 bits per heavy atom. The number of sulfonamides is 1. The molecule has 2 atom stereocenters. The van der Waals surface area contributed by atoms with Crippen molar-refractivity contribution in [3.8, 4) is 0 Å². The standard InChI is InChI=1S/C13H20N2O4S/c1-10(8-11(2)16)15-13(17)9-14-20(18,19)12-6-4-3-5-7-12/h3-7,10-11,14,16H,8-9H2,1-2H3,(H,15,17). The molecular formula is C13H20N2O4S. The van der Waals surface area contributed by atoms with Crippen LogP contribution in [-0.4, -0.2) is 38.1 Å². The summed E-state index contributed by atoms with van der Waals surface area (Å²) in [5, 5.41) is 11.8. The van der Waals surface area contributed by atoms with E-state index in [1.807, 2.05) is 0 Å². The first-order valence-corrected chi connectivity index (χ1v) is 7.81. The molecule has 1 aromatic rings. The molecule has 1 aromatic carbocycles. The highest BCUT2D eigenvalue weighted by Crippen LogP contribution is 2.06. The van der Waals surface area contributed by atoms with Crippen molar-refractivity contribution in [2.24, 2.45) is 0 Å². The maximum Gasteiger partial charge on any atom is 0.241 e. The van der Waals surface area contributed by atoms with Gasteiger partial charge in [0.05, 0.1) is 17.5 Å². The number of rotatable bonds is 7. The minimum atomic E-state index is -3.67. The van der Waals surface area contributed by atoms with Crippen LogP contribution in [0.3, 0.4) is 0 Å². The first-order valence-electron chi connectivity index (χ1n) is 6.33. The molecule has 0 aliphatic carbocycles. The van der Waals surface area contributed by atoms with Gasteiger partial charge in [-0.25, -0.2) is 13.1 Å². The van der Waals surface area contributed by atoms with E-state index in [0.717, 1.165) is 0 Å². The Balaban J connectivity index is 2.49. The number of hydrogen-bond donors (Lipinski definition) is 3. The molecule has 0 aliphatic heterocycles. The normalized spacial score (nSPS) is 14.6. The van der Waals surface area contributed by atoms with Crippen molar-refractivity contribution in [2.75, 3.05) is 6.54 Å². The minimum absolute atomic E-state index is 0.116. The maximum atomic E-state index is 11.9. The van der Waals surface area contributed by atoms with Crippen molar-refractivity contribution in [1.82, 2.24) is 10.0 Å². The molecule has 1 rings (SSSR count). The molecule has 2 unspecified atom stereocenters. The van der Waals surface area contributed by atoms with Gasteiger partial charge in [0.1, 0.15) is 0 Å². The highest BCUT2D eigenvalue weighted by molar-refractivity contribution is 7.89. The third-order valence-electron chi connectivity index (χ3n) is 2.58. The summed E-state index contributed by atoms with van der Waals surface area (Å²) in [6, 6.07) is 7.62. The Labute approximate surface area is 119 Å². The molecule has 7 heteroatoms. The summed E-state index contributed by atoms with van der Waals surface area (Å²) in [7, 11) is -3.67. The van der Waals surface area contributed by atoms with E-state index in [-0.39, 0.29) is 17.5 Å². The smallest absolute Gasteiger partial charge is 0.241 e. The molecule has 0 aliphatic rings. The van der Waals surface area contributed by atoms with Gasteiger partial charge in [-0.2, -0.15) is 0 Å². The molecule has 112 valence electrons. The Hall–Kier alpha value is -1.44. The third-order valence-corrected chi connectivity index (χ3v) is 4.00. The molecule has 0 bridgehead atoms. The van der Waals surface area contributed by atoms with E-state index in [1.165, 1.54) is 12.1 Å². The fourth-order valence-corrected chi connectivity index (χ4v) is 2.74. The van der Waals surface area contributed by atoms with Crippen LogP contribution >= 0.6 is 0 Å². The van der Waals surface area contributed by atoms with E-state index in [0.29, 0.717) is 6.42 Å². The van der Waals surface area contributed by atoms with Crippen LogP contribution in [0, 0.1) is 0 Å². The molecule has 0 aromatic heterocycles. The Kier molecular flexibility index (Phi) is 6.12. The summed E-state index contributed by atoms with van der Waals surface area (Å²) in [5.74, 6) is -0.433. The van der Waals surface area contributed by atoms with Gasteiger partial charge in [-0.1, -0.05) is 18.2 Å². The lowest BCUT2D eigenvalue weighted by atomic mass is 10.1. The van der Waals surface area contributed by atoms with Crippen LogP contribution < -0.4 is 10.0 Å². The lowest BCUT2D eigenvalue weighted by Gasteiger charge is -2.15. The zero-order chi connectivity index (χ0) is 15.2. The van der Waals surface area contributed by atoms with E-state index < -0.39 is 22.0 Å². The summed E-state index contributed by atoms with van der Waals surface area (Å²) in [5.41, 5.74) is 0. The Morgan fingerprint density at radius 1 is 1.25 bits per heavy atom.